The highest BCUT2D eigenvalue weighted by Crippen LogP contribution is 2.53. The van der Waals surface area contributed by atoms with Gasteiger partial charge < -0.3 is 9.64 Å². The van der Waals surface area contributed by atoms with Crippen LogP contribution in [0.25, 0.3) is 0 Å². The number of epoxide rings is 1. The maximum atomic E-state index is 14.6. The summed E-state index contributed by atoms with van der Waals surface area (Å²) in [6.07, 6.45) is 1.45. The summed E-state index contributed by atoms with van der Waals surface area (Å²) < 4.78 is 34.5. The van der Waals surface area contributed by atoms with E-state index in [1.807, 2.05) is 18.2 Å². The molecule has 1 unspecified atom stereocenters. The molecule has 0 bridgehead atoms. The molecule has 1 atom stereocenters. The Balaban J connectivity index is 1.59. The van der Waals surface area contributed by atoms with Crippen molar-refractivity contribution in [3.05, 3.63) is 48.0 Å². The predicted octanol–water partition coefficient (Wildman–Crippen LogP) is 5.19. The largest absolute Gasteiger partial charge is 0.371 e. The second-order valence-electron chi connectivity index (χ2n) is 6.72. The van der Waals surface area contributed by atoms with Crippen molar-refractivity contribution in [2.24, 2.45) is 5.92 Å². The Hall–Kier alpha value is -1.59. The fraction of sp³-hybridized carbons (Fsp3) is 0.368. The van der Waals surface area contributed by atoms with Crippen LogP contribution in [0.1, 0.15) is 18.4 Å². The summed E-state index contributed by atoms with van der Waals surface area (Å²) in [7, 11) is 0. The minimum Gasteiger partial charge on any atom is -0.371 e. The average molecular weight is 345 g/mol. The van der Waals surface area contributed by atoms with Crippen LogP contribution < -0.4 is 4.90 Å². The molecule has 2 fully saturated rings. The lowest BCUT2D eigenvalue weighted by Gasteiger charge is -2.33. The van der Waals surface area contributed by atoms with Gasteiger partial charge in [-0.3, -0.25) is 0 Å². The van der Waals surface area contributed by atoms with Gasteiger partial charge in [0.25, 0.3) is 5.92 Å². The molecule has 124 valence electrons. The molecular weight excluding hydrogens is 328 g/mol. The maximum Gasteiger partial charge on any atom is 0.276 e. The van der Waals surface area contributed by atoms with Crippen molar-refractivity contribution in [1.82, 2.24) is 0 Å². The van der Waals surface area contributed by atoms with E-state index in [0.29, 0.717) is 19.4 Å². The summed E-state index contributed by atoms with van der Waals surface area (Å²) in [6.45, 7) is 1.46. The van der Waals surface area contributed by atoms with Crippen LogP contribution in [-0.2, 0) is 10.7 Å². The number of hydrogen-bond donors (Lipinski definition) is 0. The van der Waals surface area contributed by atoms with Crippen LogP contribution in [0, 0.1) is 5.92 Å². The van der Waals surface area contributed by atoms with Crippen molar-refractivity contribution < 1.29 is 13.5 Å². The van der Waals surface area contributed by atoms with Crippen LogP contribution in [0.15, 0.2) is 52.3 Å². The van der Waals surface area contributed by atoms with Gasteiger partial charge >= 0.3 is 0 Å². The lowest BCUT2D eigenvalue weighted by molar-refractivity contribution is -0.0285. The predicted molar refractivity (Wildman–Crippen MR) is 90.4 cm³/mol. The van der Waals surface area contributed by atoms with Crippen molar-refractivity contribution in [2.45, 2.75) is 34.7 Å². The van der Waals surface area contributed by atoms with Gasteiger partial charge in [0.2, 0.25) is 0 Å². The highest BCUT2D eigenvalue weighted by atomic mass is 32.2. The number of nitrogens with zero attached hydrogens (tertiary/aromatic N) is 1. The van der Waals surface area contributed by atoms with Crippen LogP contribution in [0.2, 0.25) is 0 Å². The molecule has 0 amide bonds. The zero-order valence-corrected chi connectivity index (χ0v) is 13.9. The fourth-order valence-corrected chi connectivity index (χ4v) is 4.37. The highest BCUT2D eigenvalue weighted by molar-refractivity contribution is 7.99. The monoisotopic (exact) mass is 345 g/mol. The number of ether oxygens (including phenoxy) is 1. The Morgan fingerprint density at radius 1 is 1.08 bits per heavy atom. The zero-order valence-electron chi connectivity index (χ0n) is 13.0. The molecule has 1 saturated carbocycles. The van der Waals surface area contributed by atoms with Crippen LogP contribution in [0.5, 0.6) is 0 Å². The van der Waals surface area contributed by atoms with Gasteiger partial charge in [-0.25, -0.2) is 8.78 Å². The number of para-hydroxylation sites is 1. The summed E-state index contributed by atoms with van der Waals surface area (Å²) >= 11 is 1.65. The molecule has 2 aromatic carbocycles. The molecule has 2 aliphatic heterocycles. The minimum absolute atomic E-state index is 0.144. The van der Waals surface area contributed by atoms with E-state index in [9.17, 15) is 8.78 Å². The van der Waals surface area contributed by atoms with Crippen molar-refractivity contribution in [2.75, 3.05) is 18.1 Å². The first-order valence-electron chi connectivity index (χ1n) is 8.31. The van der Waals surface area contributed by atoms with E-state index in [1.54, 1.807) is 23.9 Å². The van der Waals surface area contributed by atoms with E-state index in [4.69, 9.17) is 4.74 Å². The summed E-state index contributed by atoms with van der Waals surface area (Å²) in [5.74, 6) is -3.21. The topological polar surface area (TPSA) is 15.8 Å². The van der Waals surface area contributed by atoms with E-state index < -0.39 is 11.8 Å². The van der Waals surface area contributed by atoms with Gasteiger partial charge in [0.1, 0.15) is 0 Å². The minimum atomic E-state index is -2.72. The Bertz CT molecular complexity index is 802. The number of halogens is 2. The fourth-order valence-electron chi connectivity index (χ4n) is 3.29. The molecule has 5 rings (SSSR count). The molecule has 3 aliphatic rings. The lowest BCUT2D eigenvalue weighted by Crippen LogP contribution is -2.26. The Labute approximate surface area is 143 Å². The van der Waals surface area contributed by atoms with Gasteiger partial charge in [0.15, 0.2) is 0 Å². The van der Waals surface area contributed by atoms with Crippen LogP contribution in [0.4, 0.5) is 20.2 Å². The number of alkyl halides is 2. The highest BCUT2D eigenvalue weighted by Gasteiger charge is 2.48. The van der Waals surface area contributed by atoms with E-state index in [1.165, 1.54) is 0 Å². The number of fused-ring (bicyclic) bond motifs is 2. The summed E-state index contributed by atoms with van der Waals surface area (Å²) in [5.41, 5.74) is 2.11. The number of anilines is 2. The van der Waals surface area contributed by atoms with Gasteiger partial charge in [0, 0.05) is 21.3 Å². The summed E-state index contributed by atoms with van der Waals surface area (Å²) in [6, 6.07) is 13.3. The molecule has 24 heavy (non-hydrogen) atoms. The molecule has 0 N–H and O–H groups in total. The van der Waals surface area contributed by atoms with Gasteiger partial charge in [-0.15, -0.1) is 0 Å². The van der Waals surface area contributed by atoms with Crippen molar-refractivity contribution in [3.63, 3.8) is 0 Å². The quantitative estimate of drug-likeness (QED) is 0.709. The molecule has 2 nitrogen and oxygen atoms in total. The standard InChI is InChI=1S/C19H17F2NOS/c20-19(21,12-5-6-12)13-7-8-18-16(9-13)22(10-14-11-23-14)15-3-1-2-4-17(15)24-18/h1-4,7-9,12,14H,5-6,10-11H2. The SMILES string of the molecule is FC(F)(c1ccc2c(c1)N(CC1CO1)c1ccccc1S2)C1CC1. The second-order valence-corrected chi connectivity index (χ2v) is 7.80. The molecular formula is C19H17F2NOS. The normalized spacial score (nSPS) is 22.1. The molecule has 0 spiro atoms. The summed E-state index contributed by atoms with van der Waals surface area (Å²) in [5, 5.41) is 0. The zero-order chi connectivity index (χ0) is 16.3. The average Bonchev–Trinajstić information content (AvgIpc) is 3.47. The molecule has 2 aromatic rings. The van der Waals surface area contributed by atoms with Crippen LogP contribution in [0.3, 0.4) is 0 Å². The molecule has 0 aromatic heterocycles. The van der Waals surface area contributed by atoms with Gasteiger partial charge in [0.05, 0.1) is 30.6 Å². The lowest BCUT2D eigenvalue weighted by atomic mass is 10.0. The van der Waals surface area contributed by atoms with Gasteiger partial charge in [-0.2, -0.15) is 0 Å². The third-order valence-corrected chi connectivity index (χ3v) is 6.02. The number of hydrogen-bond acceptors (Lipinski definition) is 3. The van der Waals surface area contributed by atoms with Gasteiger partial charge in [-0.05, 0) is 37.1 Å². The number of benzene rings is 2. The first-order valence-corrected chi connectivity index (χ1v) is 9.13. The summed E-state index contributed by atoms with van der Waals surface area (Å²) in [4.78, 5) is 4.34. The van der Waals surface area contributed by atoms with Crippen molar-refractivity contribution in [3.8, 4) is 0 Å². The second kappa shape index (κ2) is 5.20. The van der Waals surface area contributed by atoms with E-state index in [-0.39, 0.29) is 11.7 Å². The number of rotatable bonds is 4. The van der Waals surface area contributed by atoms with Crippen LogP contribution >= 0.6 is 11.8 Å². The maximum absolute atomic E-state index is 14.6. The van der Waals surface area contributed by atoms with Gasteiger partial charge in [-0.1, -0.05) is 30.0 Å². The first kappa shape index (κ1) is 14.7. The smallest absolute Gasteiger partial charge is 0.276 e. The van der Waals surface area contributed by atoms with Crippen LogP contribution in [-0.4, -0.2) is 19.3 Å². The molecule has 2 heterocycles. The molecule has 1 saturated heterocycles. The van der Waals surface area contributed by atoms with Crippen molar-refractivity contribution in [1.29, 1.82) is 0 Å². The molecule has 1 aliphatic carbocycles. The third-order valence-electron chi connectivity index (χ3n) is 4.89. The third kappa shape index (κ3) is 2.42. The first-order chi connectivity index (χ1) is 11.6. The van der Waals surface area contributed by atoms with E-state index in [2.05, 4.69) is 17.0 Å². The Kier molecular flexibility index (Phi) is 3.19. The molecule has 0 radical (unpaired) electrons. The Morgan fingerprint density at radius 2 is 1.83 bits per heavy atom. The Morgan fingerprint density at radius 3 is 2.58 bits per heavy atom. The van der Waals surface area contributed by atoms with Crippen molar-refractivity contribution >= 4 is 23.1 Å². The van der Waals surface area contributed by atoms with E-state index in [0.717, 1.165) is 27.8 Å². The molecule has 5 heteroatoms. The van der Waals surface area contributed by atoms with E-state index >= 15 is 0 Å².